The summed E-state index contributed by atoms with van der Waals surface area (Å²) in [5, 5.41) is 18.6. The predicted molar refractivity (Wildman–Crippen MR) is 65.9 cm³/mol. The van der Waals surface area contributed by atoms with Crippen LogP contribution in [-0.2, 0) is 0 Å². The highest BCUT2D eigenvalue weighted by molar-refractivity contribution is 7.16. The molecule has 0 fully saturated rings. The van der Waals surface area contributed by atoms with Gasteiger partial charge in [-0.1, -0.05) is 41.7 Å². The minimum absolute atomic E-state index is 0.450. The van der Waals surface area contributed by atoms with Gasteiger partial charge in [-0.25, -0.2) is 4.98 Å². The van der Waals surface area contributed by atoms with Crippen molar-refractivity contribution in [3.05, 3.63) is 35.3 Å². The number of nitrogens with two attached hydrogens (primary N) is 1. The minimum Gasteiger partial charge on any atom is -0.389 e. The highest BCUT2D eigenvalue weighted by Gasteiger charge is 2.17. The lowest BCUT2D eigenvalue weighted by atomic mass is 10.1. The largest absolute Gasteiger partial charge is 0.389 e. The molecule has 1 heterocycles. The average molecular weight is 240 g/mol. The second kappa shape index (κ2) is 4.65. The quantitative estimate of drug-likeness (QED) is 0.873. The van der Waals surface area contributed by atoms with Crippen LogP contribution in [0.4, 0.5) is 5.00 Å². The van der Waals surface area contributed by atoms with Crippen molar-refractivity contribution in [2.24, 2.45) is 0 Å². The number of nitriles is 2. The van der Waals surface area contributed by atoms with Gasteiger partial charge >= 0.3 is 0 Å². The van der Waals surface area contributed by atoms with Crippen LogP contribution in [-0.4, -0.2) is 4.98 Å². The lowest BCUT2D eigenvalue weighted by Gasteiger charge is -1.96. The highest BCUT2D eigenvalue weighted by Crippen LogP contribution is 2.33. The molecule has 0 radical (unpaired) electrons. The normalized spacial score (nSPS) is 9.82. The Balaban J connectivity index is 2.46. The second-order valence-electron chi connectivity index (χ2n) is 3.32. The van der Waals surface area contributed by atoms with E-state index in [1.807, 2.05) is 42.5 Å². The number of rotatable bonds is 2. The smallest absolute Gasteiger partial charge is 0.184 e. The van der Waals surface area contributed by atoms with Gasteiger partial charge in [0.25, 0.3) is 0 Å². The van der Waals surface area contributed by atoms with Crippen molar-refractivity contribution in [2.75, 3.05) is 5.73 Å². The van der Waals surface area contributed by atoms with Gasteiger partial charge in [0.2, 0.25) is 0 Å². The van der Waals surface area contributed by atoms with E-state index in [-0.39, 0.29) is 0 Å². The standard InChI is InChI=1S/C12H8N4S/c13-6-9(7-14)12-16-10(11(15)17-12)8-4-2-1-3-5-8/h1-5,9H,15H2. The Hall–Kier alpha value is -2.37. The summed E-state index contributed by atoms with van der Waals surface area (Å²) in [6.45, 7) is 0. The fraction of sp³-hybridized carbons (Fsp3) is 0.0833. The van der Waals surface area contributed by atoms with Crippen molar-refractivity contribution in [1.29, 1.82) is 10.5 Å². The monoisotopic (exact) mass is 240 g/mol. The number of aromatic nitrogens is 1. The summed E-state index contributed by atoms with van der Waals surface area (Å²) in [6, 6.07) is 13.2. The van der Waals surface area contributed by atoms with Crippen molar-refractivity contribution in [1.82, 2.24) is 4.98 Å². The zero-order valence-corrected chi connectivity index (χ0v) is 9.61. The summed E-state index contributed by atoms with van der Waals surface area (Å²) in [5.74, 6) is -0.847. The maximum Gasteiger partial charge on any atom is 0.184 e. The molecule has 2 aromatic rings. The molecule has 4 nitrogen and oxygen atoms in total. The molecule has 5 heteroatoms. The van der Waals surface area contributed by atoms with Gasteiger partial charge in [0, 0.05) is 5.56 Å². The van der Waals surface area contributed by atoms with Crippen molar-refractivity contribution >= 4 is 16.3 Å². The Bertz CT molecular complexity index is 590. The summed E-state index contributed by atoms with van der Waals surface area (Å²) in [7, 11) is 0. The van der Waals surface area contributed by atoms with Gasteiger partial charge in [0.15, 0.2) is 5.92 Å². The molecule has 0 aliphatic rings. The summed E-state index contributed by atoms with van der Waals surface area (Å²) in [6.07, 6.45) is 0. The Morgan fingerprint density at radius 3 is 2.41 bits per heavy atom. The average Bonchev–Trinajstić information content (AvgIpc) is 2.74. The molecule has 17 heavy (non-hydrogen) atoms. The van der Waals surface area contributed by atoms with Gasteiger partial charge < -0.3 is 5.73 Å². The molecule has 0 amide bonds. The van der Waals surface area contributed by atoms with Crippen molar-refractivity contribution in [3.8, 4) is 23.4 Å². The van der Waals surface area contributed by atoms with E-state index in [0.717, 1.165) is 5.56 Å². The molecular formula is C12H8N4S. The van der Waals surface area contributed by atoms with Crippen LogP contribution in [0.2, 0.25) is 0 Å². The topological polar surface area (TPSA) is 86.5 Å². The maximum absolute atomic E-state index is 8.80. The van der Waals surface area contributed by atoms with Crippen molar-refractivity contribution in [3.63, 3.8) is 0 Å². The molecular weight excluding hydrogens is 232 g/mol. The van der Waals surface area contributed by atoms with Crippen LogP contribution in [0.3, 0.4) is 0 Å². The molecule has 0 aliphatic heterocycles. The zero-order chi connectivity index (χ0) is 12.3. The molecule has 1 aromatic heterocycles. The second-order valence-corrected chi connectivity index (χ2v) is 4.38. The Labute approximate surface area is 103 Å². The first-order valence-corrected chi connectivity index (χ1v) is 5.68. The van der Waals surface area contributed by atoms with Crippen LogP contribution >= 0.6 is 11.3 Å². The molecule has 2 N–H and O–H groups in total. The van der Waals surface area contributed by atoms with Crippen molar-refractivity contribution in [2.45, 2.75) is 5.92 Å². The predicted octanol–water partition coefficient (Wildman–Crippen LogP) is 2.52. The molecule has 0 spiro atoms. The fourth-order valence-corrected chi connectivity index (χ4v) is 2.26. The fourth-order valence-electron chi connectivity index (χ4n) is 1.41. The van der Waals surface area contributed by atoms with Crippen LogP contribution in [0.15, 0.2) is 30.3 Å². The molecule has 0 saturated heterocycles. The van der Waals surface area contributed by atoms with Crippen LogP contribution in [0.25, 0.3) is 11.3 Å². The van der Waals surface area contributed by atoms with Crippen LogP contribution in [0.1, 0.15) is 10.9 Å². The molecule has 0 unspecified atom stereocenters. The van der Waals surface area contributed by atoms with Gasteiger partial charge in [-0.05, 0) is 0 Å². The van der Waals surface area contributed by atoms with E-state index in [1.54, 1.807) is 0 Å². The van der Waals surface area contributed by atoms with E-state index in [9.17, 15) is 0 Å². The van der Waals surface area contributed by atoms with Gasteiger partial charge in [0.1, 0.15) is 15.7 Å². The Morgan fingerprint density at radius 1 is 1.18 bits per heavy atom. The molecule has 0 saturated carbocycles. The lowest BCUT2D eigenvalue weighted by Crippen LogP contribution is -1.90. The molecule has 1 aromatic carbocycles. The number of benzene rings is 1. The molecule has 2 rings (SSSR count). The number of nitrogen functional groups attached to an aromatic ring is 1. The summed E-state index contributed by atoms with van der Waals surface area (Å²) in [5.41, 5.74) is 7.39. The third-order valence-electron chi connectivity index (χ3n) is 2.22. The summed E-state index contributed by atoms with van der Waals surface area (Å²) in [4.78, 5) is 4.27. The Morgan fingerprint density at radius 2 is 1.82 bits per heavy atom. The van der Waals surface area contributed by atoms with Crippen LogP contribution < -0.4 is 5.73 Å². The first-order chi connectivity index (χ1) is 8.26. The molecule has 0 aliphatic carbocycles. The van der Waals surface area contributed by atoms with E-state index in [0.29, 0.717) is 15.7 Å². The highest BCUT2D eigenvalue weighted by atomic mass is 32.1. The first kappa shape index (κ1) is 11.1. The van der Waals surface area contributed by atoms with E-state index in [4.69, 9.17) is 16.3 Å². The van der Waals surface area contributed by atoms with Gasteiger partial charge in [-0.3, -0.25) is 0 Å². The third-order valence-corrected chi connectivity index (χ3v) is 3.17. The van der Waals surface area contributed by atoms with E-state index >= 15 is 0 Å². The molecule has 0 atom stereocenters. The summed E-state index contributed by atoms with van der Waals surface area (Å²) < 4.78 is 0. The number of hydrogen-bond donors (Lipinski definition) is 1. The first-order valence-electron chi connectivity index (χ1n) is 4.87. The number of hydrogen-bond acceptors (Lipinski definition) is 5. The van der Waals surface area contributed by atoms with E-state index in [2.05, 4.69) is 4.98 Å². The Kier molecular flexibility index (Phi) is 3.04. The molecule has 82 valence electrons. The minimum atomic E-state index is -0.847. The van der Waals surface area contributed by atoms with Gasteiger partial charge in [0.05, 0.1) is 12.1 Å². The summed E-state index contributed by atoms with van der Waals surface area (Å²) >= 11 is 1.19. The maximum atomic E-state index is 8.80. The van der Waals surface area contributed by atoms with Gasteiger partial charge in [-0.15, -0.1) is 0 Å². The van der Waals surface area contributed by atoms with E-state index < -0.39 is 5.92 Å². The van der Waals surface area contributed by atoms with E-state index in [1.165, 1.54) is 11.3 Å². The van der Waals surface area contributed by atoms with Crippen molar-refractivity contribution < 1.29 is 0 Å². The third kappa shape index (κ3) is 2.10. The number of nitrogens with zero attached hydrogens (tertiary/aromatic N) is 3. The SMILES string of the molecule is N#CC(C#N)c1nc(-c2ccccc2)c(N)s1. The zero-order valence-electron chi connectivity index (χ0n) is 8.79. The number of anilines is 1. The van der Waals surface area contributed by atoms with Gasteiger partial charge in [-0.2, -0.15) is 10.5 Å². The molecule has 0 bridgehead atoms. The van der Waals surface area contributed by atoms with Crippen LogP contribution in [0.5, 0.6) is 0 Å². The lowest BCUT2D eigenvalue weighted by molar-refractivity contribution is 1.07. The number of thiazole rings is 1. The van der Waals surface area contributed by atoms with Crippen LogP contribution in [0, 0.1) is 22.7 Å².